The van der Waals surface area contributed by atoms with Gasteiger partial charge < -0.3 is 16.0 Å². The van der Waals surface area contributed by atoms with Crippen LogP contribution in [-0.4, -0.2) is 42.1 Å². The number of fused-ring (bicyclic) bond motifs is 3. The fourth-order valence-electron chi connectivity index (χ4n) is 6.27. The quantitative estimate of drug-likeness (QED) is 0.383. The highest BCUT2D eigenvalue weighted by Crippen LogP contribution is 2.45. The molecule has 1 aliphatic heterocycles. The van der Waals surface area contributed by atoms with Crippen molar-refractivity contribution in [2.45, 2.75) is 31.7 Å². The van der Waals surface area contributed by atoms with Gasteiger partial charge in [0.2, 0.25) is 0 Å². The summed E-state index contributed by atoms with van der Waals surface area (Å²) < 4.78 is 13.4. The molecule has 0 amide bonds. The van der Waals surface area contributed by atoms with Crippen LogP contribution in [0.5, 0.6) is 0 Å². The van der Waals surface area contributed by atoms with E-state index < -0.39 is 5.82 Å². The van der Waals surface area contributed by atoms with Crippen molar-refractivity contribution >= 4 is 23.1 Å². The van der Waals surface area contributed by atoms with Gasteiger partial charge in [-0.15, -0.1) is 0 Å². The smallest absolute Gasteiger partial charge is 0.123 e. The third-order valence-corrected chi connectivity index (χ3v) is 8.01. The number of rotatable bonds is 6. The van der Waals surface area contributed by atoms with Crippen molar-refractivity contribution in [3.63, 3.8) is 0 Å². The topological polar surface area (TPSA) is 65.5 Å². The van der Waals surface area contributed by atoms with E-state index in [-0.39, 0.29) is 11.8 Å². The molecular formula is C25H30ClFN4. The normalized spacial score (nSPS) is 34.8. The Balaban J connectivity index is 1.12. The number of hydrogen-bond acceptors (Lipinski definition) is 3. The van der Waals surface area contributed by atoms with Gasteiger partial charge in [-0.3, -0.25) is 4.99 Å². The number of aliphatic imine (C=N–C) groups is 1. The van der Waals surface area contributed by atoms with Crippen LogP contribution in [0.2, 0.25) is 5.02 Å². The number of benzene rings is 1. The van der Waals surface area contributed by atoms with Crippen molar-refractivity contribution in [2.75, 3.05) is 19.6 Å². The van der Waals surface area contributed by atoms with Gasteiger partial charge in [-0.2, -0.15) is 0 Å². The molecule has 6 atom stereocenters. The van der Waals surface area contributed by atoms with Gasteiger partial charge in [-0.1, -0.05) is 23.8 Å². The highest BCUT2D eigenvalue weighted by Gasteiger charge is 2.43. The van der Waals surface area contributed by atoms with E-state index >= 15 is 0 Å². The lowest BCUT2D eigenvalue weighted by Crippen LogP contribution is -2.30. The number of nitrogens with two attached hydrogens (primary N) is 1. The Morgan fingerprint density at radius 1 is 1.16 bits per heavy atom. The fraction of sp³-hybridized carbons (Fsp3) is 0.520. The van der Waals surface area contributed by atoms with Crippen LogP contribution in [0.1, 0.15) is 31.2 Å². The average Bonchev–Trinajstić information content (AvgIpc) is 3.49. The lowest BCUT2D eigenvalue weighted by Gasteiger charge is -2.25. The van der Waals surface area contributed by atoms with E-state index in [9.17, 15) is 4.39 Å². The molecule has 6 heteroatoms. The van der Waals surface area contributed by atoms with E-state index in [1.165, 1.54) is 50.7 Å². The summed E-state index contributed by atoms with van der Waals surface area (Å²) in [4.78, 5) is 7.40. The summed E-state index contributed by atoms with van der Waals surface area (Å²) in [5.41, 5.74) is 6.59. The molecule has 31 heavy (non-hydrogen) atoms. The molecule has 164 valence electrons. The second-order valence-electron chi connectivity index (χ2n) is 9.83. The molecule has 0 aromatic heterocycles. The molecule has 5 rings (SSSR count). The molecule has 0 spiro atoms. The molecule has 5 unspecified atom stereocenters. The number of amidine groups is 1. The molecule has 2 bridgehead atoms. The molecule has 0 radical (unpaired) electrons. The Hall–Kier alpha value is -1.98. The number of hydrogen-bond donors (Lipinski definition) is 2. The van der Waals surface area contributed by atoms with Gasteiger partial charge in [0.05, 0.1) is 16.8 Å². The van der Waals surface area contributed by atoms with E-state index in [0.717, 1.165) is 42.4 Å². The number of halogens is 2. The fourth-order valence-corrected chi connectivity index (χ4v) is 6.49. The Labute approximate surface area is 188 Å². The SMILES string of the molecule is N=C(/C=C\C(N)=NC1CC2CN(CC3CC4C=CC3C4)C[C@@H]2C1)c1cc(F)ccc1Cl. The lowest BCUT2D eigenvalue weighted by atomic mass is 9.93. The van der Waals surface area contributed by atoms with Crippen molar-refractivity contribution < 1.29 is 4.39 Å². The molecule has 3 N–H and O–H groups in total. The van der Waals surface area contributed by atoms with Crippen molar-refractivity contribution in [3.8, 4) is 0 Å². The first-order valence-electron chi connectivity index (χ1n) is 11.4. The van der Waals surface area contributed by atoms with Gasteiger partial charge in [0.1, 0.15) is 11.7 Å². The molecule has 4 nitrogen and oxygen atoms in total. The highest BCUT2D eigenvalue weighted by molar-refractivity contribution is 6.34. The summed E-state index contributed by atoms with van der Waals surface area (Å²) in [7, 11) is 0. The maximum atomic E-state index is 13.4. The molecule has 3 aliphatic carbocycles. The standard InChI is InChI=1S/C25H30ClFN4/c26-23-4-3-20(27)11-22(23)24(28)5-6-25(29)30-21-9-18-13-31(14-19(18)10-21)12-17-8-15-1-2-16(17)7-15/h1-6,11,15-19,21,28H,7-10,12-14H2,(H2,29,30)/b6-5-,28-24?/t15?,16?,17?,18-,19?,21?/m0/s1. The van der Waals surface area contributed by atoms with Crippen molar-refractivity contribution in [1.29, 1.82) is 5.41 Å². The maximum Gasteiger partial charge on any atom is 0.123 e. The van der Waals surface area contributed by atoms with Crippen LogP contribution < -0.4 is 5.73 Å². The van der Waals surface area contributed by atoms with Crippen LogP contribution in [0.25, 0.3) is 0 Å². The predicted octanol–water partition coefficient (Wildman–Crippen LogP) is 4.68. The minimum atomic E-state index is -0.414. The maximum absolute atomic E-state index is 13.4. The zero-order valence-electron chi connectivity index (χ0n) is 17.7. The molecule has 2 saturated carbocycles. The van der Waals surface area contributed by atoms with E-state index in [0.29, 0.717) is 16.4 Å². The van der Waals surface area contributed by atoms with Gasteiger partial charge >= 0.3 is 0 Å². The molecule has 1 aromatic rings. The summed E-state index contributed by atoms with van der Waals surface area (Å²) in [6.07, 6.45) is 13.0. The van der Waals surface area contributed by atoms with Crippen LogP contribution in [0.4, 0.5) is 4.39 Å². The lowest BCUT2D eigenvalue weighted by molar-refractivity contribution is 0.238. The first-order chi connectivity index (χ1) is 14.9. The minimum Gasteiger partial charge on any atom is -0.384 e. The van der Waals surface area contributed by atoms with Crippen LogP contribution in [-0.2, 0) is 0 Å². The van der Waals surface area contributed by atoms with Gasteiger partial charge in [0.25, 0.3) is 0 Å². The van der Waals surface area contributed by atoms with Crippen LogP contribution in [0.3, 0.4) is 0 Å². The zero-order chi connectivity index (χ0) is 21.5. The summed E-state index contributed by atoms with van der Waals surface area (Å²) in [5.74, 6) is 4.01. The Morgan fingerprint density at radius 2 is 1.94 bits per heavy atom. The second-order valence-corrected chi connectivity index (χ2v) is 10.2. The summed E-state index contributed by atoms with van der Waals surface area (Å²) in [5, 5.41) is 8.48. The monoisotopic (exact) mass is 440 g/mol. The number of likely N-dealkylation sites (tertiary alicyclic amines) is 1. The molecule has 1 heterocycles. The third kappa shape index (κ3) is 4.49. The van der Waals surface area contributed by atoms with Crippen molar-refractivity contribution in [2.24, 2.45) is 40.3 Å². The average molecular weight is 441 g/mol. The minimum absolute atomic E-state index is 0.122. The molecule has 1 saturated heterocycles. The number of allylic oxidation sites excluding steroid dienone is 3. The van der Waals surface area contributed by atoms with Gasteiger partial charge in [-0.25, -0.2) is 4.39 Å². The van der Waals surface area contributed by atoms with E-state index in [2.05, 4.69) is 17.1 Å². The van der Waals surface area contributed by atoms with Crippen molar-refractivity contribution in [1.82, 2.24) is 4.90 Å². The van der Waals surface area contributed by atoms with Crippen LogP contribution in [0.15, 0.2) is 47.5 Å². The van der Waals surface area contributed by atoms with Gasteiger partial charge in [-0.05, 0) is 85.6 Å². The summed E-state index contributed by atoms with van der Waals surface area (Å²) in [6.45, 7) is 3.67. The Morgan fingerprint density at radius 3 is 2.61 bits per heavy atom. The summed E-state index contributed by atoms with van der Waals surface area (Å²) in [6, 6.07) is 4.27. The third-order valence-electron chi connectivity index (χ3n) is 7.68. The molecule has 1 aromatic carbocycles. The first-order valence-corrected chi connectivity index (χ1v) is 11.8. The van der Waals surface area contributed by atoms with Gasteiger partial charge in [0.15, 0.2) is 0 Å². The van der Waals surface area contributed by atoms with E-state index in [1.807, 2.05) is 0 Å². The molecule has 4 aliphatic rings. The van der Waals surface area contributed by atoms with Crippen LogP contribution >= 0.6 is 11.6 Å². The predicted molar refractivity (Wildman–Crippen MR) is 124 cm³/mol. The zero-order valence-corrected chi connectivity index (χ0v) is 18.4. The highest BCUT2D eigenvalue weighted by atomic mass is 35.5. The largest absolute Gasteiger partial charge is 0.384 e. The van der Waals surface area contributed by atoms with E-state index in [4.69, 9.17) is 27.7 Å². The Kier molecular flexibility index (Phi) is 5.74. The van der Waals surface area contributed by atoms with Gasteiger partial charge in [0, 0.05) is 25.2 Å². The summed E-state index contributed by atoms with van der Waals surface area (Å²) >= 11 is 6.07. The number of nitrogens with zero attached hydrogens (tertiary/aromatic N) is 2. The first kappa shape index (κ1) is 20.9. The molecular weight excluding hydrogens is 411 g/mol. The second kappa shape index (κ2) is 8.51. The van der Waals surface area contributed by atoms with Crippen molar-refractivity contribution in [3.05, 3.63) is 58.9 Å². The Bertz CT molecular complexity index is 941. The van der Waals surface area contributed by atoms with Crippen LogP contribution in [0, 0.1) is 40.8 Å². The van der Waals surface area contributed by atoms with E-state index in [1.54, 1.807) is 12.2 Å². The number of nitrogens with one attached hydrogen (secondary N) is 1. The molecule has 3 fully saturated rings.